The van der Waals surface area contributed by atoms with E-state index in [1.54, 1.807) is 5.01 Å². The van der Waals surface area contributed by atoms with Crippen LogP contribution in [0, 0.1) is 5.41 Å². The second-order valence-corrected chi connectivity index (χ2v) is 5.56. The summed E-state index contributed by atoms with van der Waals surface area (Å²) in [7, 11) is 0. The summed E-state index contributed by atoms with van der Waals surface area (Å²) in [4.78, 5) is 11.8. The second kappa shape index (κ2) is 4.10. The molecular weight excluding hydrogens is 190 g/mol. The molecule has 0 spiro atoms. The van der Waals surface area contributed by atoms with E-state index in [0.717, 1.165) is 6.42 Å². The van der Waals surface area contributed by atoms with Crippen molar-refractivity contribution in [3.05, 3.63) is 0 Å². The van der Waals surface area contributed by atoms with Gasteiger partial charge in [0.05, 0.1) is 0 Å². The number of carbonyl (C=O) groups excluding carboxylic acids is 1. The number of nitrogens with one attached hydrogen (secondary N) is 1. The highest BCUT2D eigenvalue weighted by atomic mass is 16.2. The van der Waals surface area contributed by atoms with E-state index in [1.807, 2.05) is 0 Å². The molecular formula is C11H23N3O. The van der Waals surface area contributed by atoms with Crippen LogP contribution in [0.5, 0.6) is 0 Å². The van der Waals surface area contributed by atoms with E-state index in [4.69, 9.17) is 5.73 Å². The quantitative estimate of drug-likeness (QED) is 0.731. The Bertz CT molecular complexity index is 247. The Balaban J connectivity index is 2.66. The molecule has 1 fully saturated rings. The molecule has 0 aromatic carbocycles. The molecule has 88 valence electrons. The van der Waals surface area contributed by atoms with Gasteiger partial charge in [0.1, 0.15) is 0 Å². The van der Waals surface area contributed by atoms with E-state index in [2.05, 4.69) is 33.1 Å². The summed E-state index contributed by atoms with van der Waals surface area (Å²) in [6.45, 7) is 9.89. The monoisotopic (exact) mass is 213 g/mol. The summed E-state index contributed by atoms with van der Waals surface area (Å²) in [6.07, 6.45) is 1.42. The Morgan fingerprint density at radius 1 is 1.53 bits per heavy atom. The lowest BCUT2D eigenvalue weighted by Gasteiger charge is -2.38. The van der Waals surface area contributed by atoms with Crippen LogP contribution in [0.1, 0.15) is 40.5 Å². The van der Waals surface area contributed by atoms with Gasteiger partial charge < -0.3 is 5.73 Å². The Morgan fingerprint density at radius 2 is 2.13 bits per heavy atom. The lowest BCUT2D eigenvalue weighted by Crippen LogP contribution is -2.52. The van der Waals surface area contributed by atoms with Crippen LogP contribution in [-0.4, -0.2) is 29.5 Å². The van der Waals surface area contributed by atoms with Crippen LogP contribution >= 0.6 is 0 Å². The first-order valence-corrected chi connectivity index (χ1v) is 5.58. The van der Waals surface area contributed by atoms with E-state index in [1.165, 1.54) is 0 Å². The van der Waals surface area contributed by atoms with E-state index < -0.39 is 0 Å². The molecule has 0 aromatic heterocycles. The van der Waals surface area contributed by atoms with Crippen LogP contribution in [0.25, 0.3) is 0 Å². The molecule has 1 amide bonds. The summed E-state index contributed by atoms with van der Waals surface area (Å²) in [5, 5.41) is 1.72. The SMILES string of the molecule is CC(C)(C)C1(C)CC(=O)N(CCCN)N1. The van der Waals surface area contributed by atoms with Crippen LogP contribution in [0.2, 0.25) is 0 Å². The lowest BCUT2D eigenvalue weighted by atomic mass is 9.74. The third-order valence-electron chi connectivity index (χ3n) is 3.43. The van der Waals surface area contributed by atoms with Crippen molar-refractivity contribution in [2.75, 3.05) is 13.1 Å². The molecule has 0 saturated carbocycles. The number of amides is 1. The van der Waals surface area contributed by atoms with Crippen molar-refractivity contribution in [1.29, 1.82) is 0 Å². The summed E-state index contributed by atoms with van der Waals surface area (Å²) < 4.78 is 0. The van der Waals surface area contributed by atoms with Crippen molar-refractivity contribution < 1.29 is 4.79 Å². The number of rotatable bonds is 3. The topological polar surface area (TPSA) is 58.4 Å². The van der Waals surface area contributed by atoms with E-state index >= 15 is 0 Å². The van der Waals surface area contributed by atoms with Gasteiger partial charge in [0, 0.05) is 18.5 Å². The van der Waals surface area contributed by atoms with E-state index in [9.17, 15) is 4.79 Å². The second-order valence-electron chi connectivity index (χ2n) is 5.56. The Kier molecular flexibility index (Phi) is 3.41. The van der Waals surface area contributed by atoms with Crippen LogP contribution in [-0.2, 0) is 4.79 Å². The predicted octanol–water partition coefficient (Wildman–Crippen LogP) is 0.877. The van der Waals surface area contributed by atoms with Gasteiger partial charge >= 0.3 is 0 Å². The minimum Gasteiger partial charge on any atom is -0.330 e. The highest BCUT2D eigenvalue weighted by Crippen LogP contribution is 2.36. The van der Waals surface area contributed by atoms with Gasteiger partial charge in [-0.2, -0.15) is 0 Å². The normalized spacial score (nSPS) is 27.5. The number of hydrogen-bond acceptors (Lipinski definition) is 3. The first kappa shape index (κ1) is 12.5. The molecule has 0 aromatic rings. The highest BCUT2D eigenvalue weighted by molar-refractivity contribution is 5.79. The van der Waals surface area contributed by atoms with Crippen LogP contribution in [0.4, 0.5) is 0 Å². The predicted molar refractivity (Wildman–Crippen MR) is 61.0 cm³/mol. The number of hydrogen-bond donors (Lipinski definition) is 2. The summed E-state index contributed by atoms with van der Waals surface area (Å²) >= 11 is 0. The van der Waals surface area contributed by atoms with Crippen molar-refractivity contribution in [3.63, 3.8) is 0 Å². The third kappa shape index (κ3) is 2.49. The minimum absolute atomic E-state index is 0.0696. The summed E-state index contributed by atoms with van der Waals surface area (Å²) in [6, 6.07) is 0. The number of nitrogens with zero attached hydrogens (tertiary/aromatic N) is 1. The zero-order valence-electron chi connectivity index (χ0n) is 10.3. The van der Waals surface area contributed by atoms with Crippen molar-refractivity contribution in [2.24, 2.45) is 11.1 Å². The van der Waals surface area contributed by atoms with Gasteiger partial charge in [0.25, 0.3) is 0 Å². The van der Waals surface area contributed by atoms with Gasteiger partial charge in [-0.1, -0.05) is 20.8 Å². The maximum absolute atomic E-state index is 11.8. The van der Waals surface area contributed by atoms with Crippen LogP contribution in [0.3, 0.4) is 0 Å². The average Bonchev–Trinajstić information content (AvgIpc) is 2.38. The summed E-state index contributed by atoms with van der Waals surface area (Å²) in [5.74, 6) is 0.181. The fourth-order valence-corrected chi connectivity index (χ4v) is 1.66. The fourth-order valence-electron chi connectivity index (χ4n) is 1.66. The molecule has 1 saturated heterocycles. The molecule has 0 bridgehead atoms. The van der Waals surface area contributed by atoms with Gasteiger partial charge in [-0.3, -0.25) is 9.80 Å². The van der Waals surface area contributed by atoms with Gasteiger partial charge in [0.2, 0.25) is 5.91 Å². The Morgan fingerprint density at radius 3 is 2.53 bits per heavy atom. The molecule has 1 aliphatic rings. The smallest absolute Gasteiger partial charge is 0.238 e. The maximum atomic E-state index is 11.8. The molecule has 0 radical (unpaired) electrons. The fraction of sp³-hybridized carbons (Fsp3) is 0.909. The molecule has 0 aliphatic carbocycles. The minimum atomic E-state index is -0.140. The highest BCUT2D eigenvalue weighted by Gasteiger charge is 2.46. The van der Waals surface area contributed by atoms with Crippen LogP contribution < -0.4 is 11.2 Å². The first-order chi connectivity index (χ1) is 6.80. The number of nitrogens with two attached hydrogens (primary N) is 1. The first-order valence-electron chi connectivity index (χ1n) is 5.58. The molecule has 3 N–H and O–H groups in total. The van der Waals surface area contributed by atoms with Crippen molar-refractivity contribution in [2.45, 2.75) is 46.1 Å². The number of hydrazine groups is 1. The van der Waals surface area contributed by atoms with Gasteiger partial charge in [-0.05, 0) is 25.3 Å². The van der Waals surface area contributed by atoms with Crippen molar-refractivity contribution in [1.82, 2.24) is 10.4 Å². The van der Waals surface area contributed by atoms with E-state index in [-0.39, 0.29) is 16.9 Å². The maximum Gasteiger partial charge on any atom is 0.238 e. The zero-order valence-corrected chi connectivity index (χ0v) is 10.3. The van der Waals surface area contributed by atoms with Gasteiger partial charge in [-0.15, -0.1) is 0 Å². The molecule has 4 heteroatoms. The molecule has 1 unspecified atom stereocenters. The molecule has 4 nitrogen and oxygen atoms in total. The number of carbonyl (C=O) groups is 1. The lowest BCUT2D eigenvalue weighted by molar-refractivity contribution is -0.129. The van der Waals surface area contributed by atoms with Crippen LogP contribution in [0.15, 0.2) is 0 Å². The van der Waals surface area contributed by atoms with E-state index in [0.29, 0.717) is 19.5 Å². The van der Waals surface area contributed by atoms with Gasteiger partial charge in [0.15, 0.2) is 0 Å². The Hall–Kier alpha value is -0.610. The largest absolute Gasteiger partial charge is 0.330 e. The molecule has 15 heavy (non-hydrogen) atoms. The van der Waals surface area contributed by atoms with Gasteiger partial charge in [-0.25, -0.2) is 5.43 Å². The molecule has 1 atom stereocenters. The summed E-state index contributed by atoms with van der Waals surface area (Å²) in [5.41, 5.74) is 8.69. The van der Waals surface area contributed by atoms with Crippen molar-refractivity contribution in [3.8, 4) is 0 Å². The molecule has 1 rings (SSSR count). The standard InChI is InChI=1S/C11H23N3O/c1-10(2,3)11(4)8-9(15)14(13-11)7-5-6-12/h13H,5-8,12H2,1-4H3. The van der Waals surface area contributed by atoms with Crippen molar-refractivity contribution >= 4 is 5.91 Å². The molecule has 1 heterocycles. The Labute approximate surface area is 92.2 Å². The zero-order chi connectivity index (χ0) is 11.7. The third-order valence-corrected chi connectivity index (χ3v) is 3.43. The average molecular weight is 213 g/mol. The molecule has 1 aliphatic heterocycles.